The van der Waals surface area contributed by atoms with Crippen LogP contribution < -0.4 is 13.7 Å². The van der Waals surface area contributed by atoms with E-state index in [4.69, 9.17) is 27.8 Å². The van der Waals surface area contributed by atoms with Crippen LogP contribution in [0, 0.1) is 0 Å². The molecule has 10 rings (SSSR count). The SMILES string of the molecule is CC(C)(C)OC(=O)N(c1ccc2c(cnn2C(=O)OC(C)(C)C)c1)c1nnc(-c2cccc(-c3ncco3)c2)s1.CC(C)(C)OC(=O)N(c1ccc2c(cnn2C(=O)OC(C)(C)C)c1)c1nnc(-c2cccc(Br)c2)s1.CCC[CH2][Sn]([CH2]CCC)([CH2]CCC)[c]1ncco1. The van der Waals surface area contributed by atoms with Crippen molar-refractivity contribution in [3.63, 3.8) is 0 Å². The van der Waals surface area contributed by atoms with Gasteiger partial charge in [-0.1, -0.05) is 62.9 Å². The van der Waals surface area contributed by atoms with Gasteiger partial charge in [0.05, 0.1) is 41.0 Å². The third kappa shape index (κ3) is 19.4. The Morgan fingerprint density at radius 1 is 0.521 bits per heavy atom. The summed E-state index contributed by atoms with van der Waals surface area (Å²) in [6, 6.07) is 25.5. The first kappa shape index (κ1) is 72.0. The van der Waals surface area contributed by atoms with Gasteiger partial charge in [0.25, 0.3) is 0 Å². The van der Waals surface area contributed by atoms with Gasteiger partial charge in [0.2, 0.25) is 16.2 Å². The van der Waals surface area contributed by atoms with Crippen LogP contribution in [0.25, 0.3) is 54.4 Å². The summed E-state index contributed by atoms with van der Waals surface area (Å²) in [5.41, 5.74) is 1.68. The molecule has 0 N–H and O–H groups in total. The van der Waals surface area contributed by atoms with Gasteiger partial charge in [-0.05, 0) is 144 Å². The molecule has 0 aliphatic heterocycles. The monoisotopic (exact) mass is 1490 g/mol. The van der Waals surface area contributed by atoms with Crippen molar-refractivity contribution in [1.29, 1.82) is 0 Å². The van der Waals surface area contributed by atoms with Crippen LogP contribution in [0.3, 0.4) is 0 Å². The second-order valence-electron chi connectivity index (χ2n) is 26.3. The van der Waals surface area contributed by atoms with E-state index in [-0.39, 0.29) is 0 Å². The molecule has 0 unspecified atom stereocenters. The number of amides is 2. The van der Waals surface area contributed by atoms with Crippen molar-refractivity contribution in [1.82, 2.24) is 49.9 Å². The molecule has 26 heteroatoms. The van der Waals surface area contributed by atoms with Crippen LogP contribution in [0.2, 0.25) is 13.3 Å². The number of carbonyl (C=O) groups excluding carboxylic acids is 4. The molecule has 0 radical (unpaired) electrons. The first-order chi connectivity index (χ1) is 44.5. The summed E-state index contributed by atoms with van der Waals surface area (Å²) in [6.45, 7) is 28.4. The van der Waals surface area contributed by atoms with Crippen molar-refractivity contribution in [3.05, 3.63) is 127 Å². The van der Waals surface area contributed by atoms with Crippen LogP contribution >= 0.6 is 38.6 Å². The Morgan fingerprint density at radius 2 is 0.947 bits per heavy atom. The van der Waals surface area contributed by atoms with E-state index in [1.54, 1.807) is 138 Å². The summed E-state index contributed by atoms with van der Waals surface area (Å²) in [4.78, 5) is 63.5. The number of carbonyl (C=O) groups is 4. The number of unbranched alkanes of at least 4 members (excludes halogenated alkanes) is 3. The van der Waals surface area contributed by atoms with Gasteiger partial charge in [-0.15, -0.1) is 20.4 Å². The summed E-state index contributed by atoms with van der Waals surface area (Å²) in [7, 11) is 0. The number of nitrogens with zero attached hydrogens (tertiary/aromatic N) is 12. The van der Waals surface area contributed by atoms with E-state index < -0.39 is 65.2 Å². The Bertz CT molecular complexity index is 4140. The number of oxazole rings is 2. The maximum atomic E-state index is 13.4. The van der Waals surface area contributed by atoms with Gasteiger partial charge in [-0.3, -0.25) is 0 Å². The number of fused-ring (bicyclic) bond motifs is 2. The third-order valence-corrected chi connectivity index (χ3v) is 30.8. The molecular weight excluding hydrogens is 1410 g/mol. The van der Waals surface area contributed by atoms with E-state index in [2.05, 4.69) is 77.3 Å². The standard InChI is InChI=1S/C28H28N6O5S.C25H26BrN5O4S.3C4H9.C3H2NO.Sn/c1-27(2,3)38-25(35)33(20-10-11-21-19(15-20)16-30-34(21)26(36)39-28(4,5)6)24-32-31-23(40-24)18-9-7-8-17(14-18)22-29-12-13-37-22;1-24(2,3)34-22(32)30(21-29-28-20(36-21)15-8-7-9-17(26)12-15)18-10-11-19-16(13-18)14-27-31(19)23(33)35-25(4,5)6;3*1-3-4-2;1-2-5-3-4-1;/h7-16H,1-6H3;7-14H,1-6H3;3*1,3-4H2,2H3;1-2H;. The quantitative estimate of drug-likeness (QED) is 0.0607. The van der Waals surface area contributed by atoms with Crippen molar-refractivity contribution in [3.8, 4) is 32.6 Å². The average Bonchev–Trinajstić information content (AvgIpc) is 1.61. The Morgan fingerprint density at radius 3 is 1.35 bits per heavy atom. The Kier molecular flexibility index (Phi) is 23.8. The first-order valence-electron chi connectivity index (χ1n) is 31.3. The minimum absolute atomic E-state index is 0.310. The molecule has 94 heavy (non-hydrogen) atoms. The summed E-state index contributed by atoms with van der Waals surface area (Å²) in [5, 5.41) is 28.8. The second-order valence-corrected chi connectivity index (χ2v) is 42.0. The molecule has 4 aromatic carbocycles. The second kappa shape index (κ2) is 31.1. The van der Waals surface area contributed by atoms with E-state index in [0.29, 0.717) is 59.3 Å². The predicted molar refractivity (Wildman–Crippen MR) is 374 cm³/mol. The number of hydrogen-bond donors (Lipinski definition) is 0. The van der Waals surface area contributed by atoms with Gasteiger partial charge < -0.3 is 23.4 Å². The van der Waals surface area contributed by atoms with E-state index in [1.165, 1.54) is 110 Å². The summed E-state index contributed by atoms with van der Waals surface area (Å²) in [5.74, 6) is 0.488. The molecule has 0 saturated carbocycles. The van der Waals surface area contributed by atoms with Gasteiger partial charge >= 0.3 is 141 Å². The number of hydrogen-bond acceptors (Lipinski definition) is 20. The van der Waals surface area contributed by atoms with Crippen LogP contribution in [0.4, 0.5) is 40.8 Å². The van der Waals surface area contributed by atoms with Crippen molar-refractivity contribution < 1.29 is 47.0 Å². The third-order valence-electron chi connectivity index (χ3n) is 13.9. The fraction of sp³-hybridized carbons (Fsp3) is 0.412. The normalized spacial score (nSPS) is 12.0. The fourth-order valence-electron chi connectivity index (χ4n) is 9.77. The minimum atomic E-state index is -2.31. The number of aromatic nitrogens is 10. The topological polar surface area (TPSA) is 251 Å². The van der Waals surface area contributed by atoms with Crippen LogP contribution in [0.5, 0.6) is 0 Å². The zero-order chi connectivity index (χ0) is 68.2. The van der Waals surface area contributed by atoms with Gasteiger partial charge in [0, 0.05) is 31.9 Å². The summed E-state index contributed by atoms with van der Waals surface area (Å²) >= 11 is 3.65. The molecule has 0 atom stereocenters. The molecule has 6 aromatic heterocycles. The number of benzene rings is 4. The Balaban J connectivity index is 0.000000193. The molecule has 0 aliphatic carbocycles. The zero-order valence-electron chi connectivity index (χ0n) is 56.1. The van der Waals surface area contributed by atoms with E-state index in [1.807, 2.05) is 54.7 Å². The van der Waals surface area contributed by atoms with Gasteiger partial charge in [-0.25, -0.2) is 34.0 Å². The average molecular weight is 1490 g/mol. The van der Waals surface area contributed by atoms with Crippen molar-refractivity contribution in [2.45, 2.75) is 178 Å². The zero-order valence-corrected chi connectivity index (χ0v) is 62.1. The van der Waals surface area contributed by atoms with E-state index in [0.717, 1.165) is 21.2 Å². The van der Waals surface area contributed by atoms with Crippen molar-refractivity contribution in [2.75, 3.05) is 9.80 Å². The molecule has 2 amide bonds. The molecular formula is C68H83BrN12O10S2Sn. The number of ether oxygens (including phenoxy) is 4. The van der Waals surface area contributed by atoms with Crippen LogP contribution in [0.1, 0.15) is 142 Å². The van der Waals surface area contributed by atoms with Crippen LogP contribution in [0.15, 0.2) is 136 Å². The van der Waals surface area contributed by atoms with E-state index >= 15 is 0 Å². The predicted octanol–water partition coefficient (Wildman–Crippen LogP) is 19.0. The maximum absolute atomic E-state index is 13.4. The molecule has 0 fully saturated rings. The van der Waals surface area contributed by atoms with E-state index in [9.17, 15) is 19.2 Å². The molecule has 22 nitrogen and oxygen atoms in total. The summed E-state index contributed by atoms with van der Waals surface area (Å²) < 4.78 is 42.3. The van der Waals surface area contributed by atoms with Crippen molar-refractivity contribution >= 4 is 129 Å². The molecule has 10 aromatic rings. The Labute approximate surface area is 568 Å². The number of halogens is 1. The molecule has 0 saturated heterocycles. The number of rotatable bonds is 17. The summed E-state index contributed by atoms with van der Waals surface area (Å²) in [6.07, 6.45) is 15.4. The van der Waals surface area contributed by atoms with Gasteiger partial charge in [-0.2, -0.15) is 19.6 Å². The first-order valence-corrected chi connectivity index (χ1v) is 41.2. The van der Waals surface area contributed by atoms with Crippen LogP contribution in [-0.4, -0.2) is 115 Å². The molecule has 0 aliphatic rings. The van der Waals surface area contributed by atoms with Crippen molar-refractivity contribution in [2.24, 2.45) is 0 Å². The molecule has 6 heterocycles. The Hall–Kier alpha value is -7.88. The number of anilines is 4. The fourth-order valence-corrected chi connectivity index (χ4v) is 26.6. The molecule has 0 bridgehead atoms. The van der Waals surface area contributed by atoms with Gasteiger partial charge in [0.15, 0.2) is 0 Å². The van der Waals surface area contributed by atoms with Crippen LogP contribution in [-0.2, 0) is 18.9 Å². The van der Waals surface area contributed by atoms with Gasteiger partial charge in [0.1, 0.15) is 38.7 Å². The molecule has 0 spiro atoms. The molecule has 498 valence electrons.